The summed E-state index contributed by atoms with van der Waals surface area (Å²) in [4.78, 5) is 27.5. The van der Waals surface area contributed by atoms with Crippen molar-refractivity contribution < 1.29 is 18.0 Å². The third kappa shape index (κ3) is 6.41. The zero-order chi connectivity index (χ0) is 25.6. The molecule has 0 aromatic heterocycles. The third-order valence-electron chi connectivity index (χ3n) is 5.61. The molecule has 0 unspecified atom stereocenters. The van der Waals surface area contributed by atoms with Gasteiger partial charge in [-0.3, -0.25) is 13.9 Å². The third-order valence-corrected chi connectivity index (χ3v) is 7.65. The van der Waals surface area contributed by atoms with Crippen molar-refractivity contribution in [1.82, 2.24) is 10.2 Å². The monoisotopic (exact) mass is 513 g/mol. The van der Waals surface area contributed by atoms with Crippen molar-refractivity contribution >= 4 is 39.1 Å². The van der Waals surface area contributed by atoms with Crippen molar-refractivity contribution in [2.45, 2.75) is 31.3 Å². The van der Waals surface area contributed by atoms with E-state index in [1.54, 1.807) is 43.3 Å². The maximum Gasteiger partial charge on any atom is 0.264 e. The van der Waals surface area contributed by atoms with Crippen LogP contribution in [0.5, 0.6) is 0 Å². The minimum atomic E-state index is -4.09. The van der Waals surface area contributed by atoms with Crippen LogP contribution >= 0.6 is 11.6 Å². The van der Waals surface area contributed by atoms with Gasteiger partial charge in [0.1, 0.15) is 12.6 Å². The summed E-state index contributed by atoms with van der Waals surface area (Å²) in [6, 6.07) is 21.0. The van der Waals surface area contributed by atoms with E-state index in [9.17, 15) is 18.0 Å². The van der Waals surface area contributed by atoms with Crippen molar-refractivity contribution in [2.75, 3.05) is 17.9 Å². The highest BCUT2D eigenvalue weighted by Crippen LogP contribution is 2.26. The number of carbonyl (C=O) groups is 2. The fourth-order valence-corrected chi connectivity index (χ4v) is 5.09. The van der Waals surface area contributed by atoms with Gasteiger partial charge in [-0.15, -0.1) is 0 Å². The van der Waals surface area contributed by atoms with Gasteiger partial charge in [0.25, 0.3) is 10.0 Å². The molecule has 3 rings (SSSR count). The molecule has 0 aliphatic heterocycles. The Hall–Kier alpha value is -3.36. The average molecular weight is 514 g/mol. The van der Waals surface area contributed by atoms with Gasteiger partial charge in [0, 0.05) is 18.6 Å². The lowest BCUT2D eigenvalue weighted by Gasteiger charge is -2.31. The molecule has 0 fully saturated rings. The molecule has 7 nitrogen and oxygen atoms in total. The van der Waals surface area contributed by atoms with Crippen molar-refractivity contribution in [2.24, 2.45) is 0 Å². The number of rotatable bonds is 9. The Labute approximate surface area is 211 Å². The summed E-state index contributed by atoms with van der Waals surface area (Å²) < 4.78 is 28.3. The largest absolute Gasteiger partial charge is 0.357 e. The molecule has 0 saturated heterocycles. The first-order valence-corrected chi connectivity index (χ1v) is 12.8. The van der Waals surface area contributed by atoms with E-state index in [2.05, 4.69) is 5.32 Å². The van der Waals surface area contributed by atoms with Crippen molar-refractivity contribution in [1.29, 1.82) is 0 Å². The van der Waals surface area contributed by atoms with Crippen LogP contribution in [0, 0.1) is 6.92 Å². The Morgan fingerprint density at radius 3 is 2.11 bits per heavy atom. The van der Waals surface area contributed by atoms with Gasteiger partial charge in [-0.05, 0) is 55.8 Å². The molecule has 0 spiro atoms. The van der Waals surface area contributed by atoms with Gasteiger partial charge in [0.05, 0.1) is 10.6 Å². The lowest BCUT2D eigenvalue weighted by molar-refractivity contribution is -0.139. The first-order chi connectivity index (χ1) is 16.6. The Balaban J connectivity index is 2.01. The summed E-state index contributed by atoms with van der Waals surface area (Å²) in [5.41, 5.74) is 2.01. The predicted octanol–water partition coefficient (Wildman–Crippen LogP) is 4.01. The normalized spacial score (nSPS) is 12.0. The first kappa shape index (κ1) is 26.2. The Bertz CT molecular complexity index is 1260. The fraction of sp³-hybridized carbons (Fsp3) is 0.231. The summed E-state index contributed by atoms with van der Waals surface area (Å²) in [6.07, 6.45) is 0. The summed E-state index contributed by atoms with van der Waals surface area (Å²) in [5, 5.41) is 3.00. The van der Waals surface area contributed by atoms with E-state index in [0.717, 1.165) is 15.4 Å². The maximum atomic E-state index is 13.6. The van der Waals surface area contributed by atoms with Crippen LogP contribution in [0.2, 0.25) is 5.02 Å². The van der Waals surface area contributed by atoms with Gasteiger partial charge in [0.2, 0.25) is 11.8 Å². The van der Waals surface area contributed by atoms with Crippen LogP contribution in [-0.2, 0) is 26.2 Å². The topological polar surface area (TPSA) is 86.8 Å². The molecule has 2 amide bonds. The van der Waals surface area contributed by atoms with Crippen LogP contribution in [0.25, 0.3) is 0 Å². The number of anilines is 1. The van der Waals surface area contributed by atoms with E-state index in [1.165, 1.54) is 24.1 Å². The second-order valence-corrected chi connectivity index (χ2v) is 10.4. The number of nitrogens with one attached hydrogen (secondary N) is 1. The van der Waals surface area contributed by atoms with Crippen LogP contribution in [0.1, 0.15) is 18.1 Å². The summed E-state index contributed by atoms with van der Waals surface area (Å²) in [6.45, 7) is 3.12. The summed E-state index contributed by atoms with van der Waals surface area (Å²) in [5.74, 6) is -0.871. The standard InChI is InChI=1S/C26H28ClN3O4S/c1-19-9-15-24(16-10-19)35(33,34)30(23-13-11-22(27)12-14-23)18-25(31)29(20(2)26(32)28-3)17-21-7-5-4-6-8-21/h4-16,20H,17-18H2,1-3H3,(H,28,32)/t20-/m0/s1. The number of sulfonamides is 1. The highest BCUT2D eigenvalue weighted by molar-refractivity contribution is 7.92. The van der Waals surface area contributed by atoms with Crippen LogP contribution in [0.15, 0.2) is 83.8 Å². The molecule has 0 bridgehead atoms. The van der Waals surface area contributed by atoms with Gasteiger partial charge >= 0.3 is 0 Å². The van der Waals surface area contributed by atoms with Crippen LogP contribution in [-0.4, -0.2) is 44.8 Å². The lowest BCUT2D eigenvalue weighted by atomic mass is 10.1. The first-order valence-electron chi connectivity index (χ1n) is 11.0. The fourth-order valence-electron chi connectivity index (χ4n) is 3.55. The SMILES string of the molecule is CNC(=O)[C@H](C)N(Cc1ccccc1)C(=O)CN(c1ccc(Cl)cc1)S(=O)(=O)c1ccc(C)cc1. The Morgan fingerprint density at radius 2 is 1.54 bits per heavy atom. The lowest BCUT2D eigenvalue weighted by Crippen LogP contribution is -2.50. The molecule has 0 radical (unpaired) electrons. The molecular formula is C26H28ClN3O4S. The number of hydrogen-bond donors (Lipinski definition) is 1. The number of benzene rings is 3. The molecule has 3 aromatic carbocycles. The number of carbonyl (C=O) groups excluding carboxylic acids is 2. The highest BCUT2D eigenvalue weighted by Gasteiger charge is 2.32. The molecule has 9 heteroatoms. The second-order valence-electron chi connectivity index (χ2n) is 8.10. The van der Waals surface area contributed by atoms with E-state index in [4.69, 9.17) is 11.6 Å². The van der Waals surface area contributed by atoms with Gasteiger partial charge in [-0.1, -0.05) is 59.6 Å². The van der Waals surface area contributed by atoms with E-state index in [0.29, 0.717) is 5.02 Å². The number of aryl methyl sites for hydroxylation is 1. The quantitative estimate of drug-likeness (QED) is 0.468. The number of amides is 2. The van der Waals surface area contributed by atoms with Gasteiger partial charge < -0.3 is 10.2 Å². The molecule has 0 heterocycles. The van der Waals surface area contributed by atoms with E-state index in [-0.39, 0.29) is 23.0 Å². The van der Waals surface area contributed by atoms with Crippen molar-refractivity contribution in [3.63, 3.8) is 0 Å². The molecule has 0 aliphatic rings. The number of nitrogens with zero attached hydrogens (tertiary/aromatic N) is 2. The van der Waals surface area contributed by atoms with E-state index >= 15 is 0 Å². The zero-order valence-electron chi connectivity index (χ0n) is 19.8. The molecular weight excluding hydrogens is 486 g/mol. The predicted molar refractivity (Wildman–Crippen MR) is 138 cm³/mol. The number of hydrogen-bond acceptors (Lipinski definition) is 4. The van der Waals surface area contributed by atoms with Crippen molar-refractivity contribution in [3.05, 3.63) is 95.0 Å². The minimum absolute atomic E-state index is 0.0554. The van der Waals surface area contributed by atoms with Crippen LogP contribution in [0.4, 0.5) is 5.69 Å². The molecule has 184 valence electrons. The van der Waals surface area contributed by atoms with Gasteiger partial charge in [-0.2, -0.15) is 0 Å². The zero-order valence-corrected chi connectivity index (χ0v) is 21.4. The number of halogens is 1. The van der Waals surface area contributed by atoms with E-state index < -0.39 is 28.5 Å². The Kier molecular flexibility index (Phi) is 8.53. The maximum absolute atomic E-state index is 13.6. The smallest absolute Gasteiger partial charge is 0.264 e. The summed E-state index contributed by atoms with van der Waals surface area (Å²) >= 11 is 6.02. The highest BCUT2D eigenvalue weighted by atomic mass is 35.5. The molecule has 1 N–H and O–H groups in total. The van der Waals surface area contributed by atoms with Crippen molar-refractivity contribution in [3.8, 4) is 0 Å². The molecule has 3 aromatic rings. The van der Waals surface area contributed by atoms with E-state index in [1.807, 2.05) is 37.3 Å². The summed E-state index contributed by atoms with van der Waals surface area (Å²) in [7, 11) is -2.60. The van der Waals surface area contributed by atoms with Crippen LogP contribution in [0.3, 0.4) is 0 Å². The average Bonchev–Trinajstić information content (AvgIpc) is 2.86. The Morgan fingerprint density at radius 1 is 0.943 bits per heavy atom. The molecule has 0 saturated carbocycles. The second kappa shape index (κ2) is 11.4. The van der Waals surface area contributed by atoms with Gasteiger partial charge in [0.15, 0.2) is 0 Å². The molecule has 1 atom stereocenters. The van der Waals surface area contributed by atoms with Crippen LogP contribution < -0.4 is 9.62 Å². The van der Waals surface area contributed by atoms with Gasteiger partial charge in [-0.25, -0.2) is 8.42 Å². The molecule has 35 heavy (non-hydrogen) atoms. The molecule has 0 aliphatic carbocycles. The number of likely N-dealkylation sites (N-methyl/N-ethyl adjacent to an activating group) is 1. The minimum Gasteiger partial charge on any atom is -0.357 e.